The molecule has 3 rings (SSSR count). The normalized spacial score (nSPS) is 14.7. The van der Waals surface area contributed by atoms with Crippen molar-refractivity contribution >= 4 is 23.4 Å². The highest BCUT2D eigenvalue weighted by molar-refractivity contribution is 5.79. The number of pyridine rings is 1. The monoisotopic (exact) mass is 369 g/mol. The molecule has 142 valence electrons. The standard InChI is InChI=1S/C20H23N3O4/c1-2-9-21-20(26)27-14-23-18-6-4-3-5-16(18)12-17(19(23)25)15-7-10-22(13-24)11-8-15/h2-6,12-13,15H,1,7-11,14H2,(H,21,26). The zero-order chi connectivity index (χ0) is 19.2. The Hall–Kier alpha value is -3.09. The average Bonchev–Trinajstić information content (AvgIpc) is 2.71. The van der Waals surface area contributed by atoms with Crippen LogP contribution in [0.15, 0.2) is 47.8 Å². The molecule has 0 unspecified atom stereocenters. The van der Waals surface area contributed by atoms with Gasteiger partial charge in [0.25, 0.3) is 5.56 Å². The summed E-state index contributed by atoms with van der Waals surface area (Å²) in [5.41, 5.74) is 1.26. The zero-order valence-corrected chi connectivity index (χ0v) is 15.1. The van der Waals surface area contributed by atoms with Crippen molar-refractivity contribution in [2.75, 3.05) is 19.6 Å². The van der Waals surface area contributed by atoms with E-state index in [1.54, 1.807) is 11.0 Å². The first kappa shape index (κ1) is 18.7. The third-order valence-corrected chi connectivity index (χ3v) is 4.86. The quantitative estimate of drug-likeness (QED) is 0.625. The zero-order valence-electron chi connectivity index (χ0n) is 15.1. The number of aromatic nitrogens is 1. The Labute approximate surface area is 157 Å². The number of hydrogen-bond donors (Lipinski definition) is 1. The van der Waals surface area contributed by atoms with Crippen molar-refractivity contribution in [3.63, 3.8) is 0 Å². The van der Waals surface area contributed by atoms with Crippen molar-refractivity contribution in [1.29, 1.82) is 0 Å². The van der Waals surface area contributed by atoms with Crippen LogP contribution in [-0.2, 0) is 16.3 Å². The number of fused-ring (bicyclic) bond motifs is 1. The Balaban J connectivity index is 1.90. The van der Waals surface area contributed by atoms with Gasteiger partial charge in [-0.1, -0.05) is 24.3 Å². The first-order valence-electron chi connectivity index (χ1n) is 8.97. The molecule has 1 fully saturated rings. The van der Waals surface area contributed by atoms with Gasteiger partial charge in [0.15, 0.2) is 6.73 Å². The first-order chi connectivity index (χ1) is 13.1. The number of rotatable bonds is 6. The van der Waals surface area contributed by atoms with Crippen molar-refractivity contribution in [3.8, 4) is 0 Å². The van der Waals surface area contributed by atoms with Gasteiger partial charge in [-0.15, -0.1) is 6.58 Å². The maximum Gasteiger partial charge on any atom is 0.409 e. The summed E-state index contributed by atoms with van der Waals surface area (Å²) >= 11 is 0. The first-order valence-corrected chi connectivity index (χ1v) is 8.97. The van der Waals surface area contributed by atoms with E-state index in [2.05, 4.69) is 11.9 Å². The van der Waals surface area contributed by atoms with E-state index in [1.165, 1.54) is 4.57 Å². The average molecular weight is 369 g/mol. The van der Waals surface area contributed by atoms with Gasteiger partial charge in [-0.25, -0.2) is 4.79 Å². The van der Waals surface area contributed by atoms with E-state index >= 15 is 0 Å². The van der Waals surface area contributed by atoms with Crippen LogP contribution in [0.2, 0.25) is 0 Å². The summed E-state index contributed by atoms with van der Waals surface area (Å²) in [5.74, 6) is 0.0825. The fourth-order valence-electron chi connectivity index (χ4n) is 3.42. The molecule has 1 aromatic heterocycles. The molecule has 1 N–H and O–H groups in total. The largest absolute Gasteiger partial charge is 0.428 e. The number of piperidine rings is 1. The van der Waals surface area contributed by atoms with Gasteiger partial charge in [0, 0.05) is 25.2 Å². The highest BCUT2D eigenvalue weighted by Gasteiger charge is 2.23. The minimum Gasteiger partial charge on any atom is -0.428 e. The van der Waals surface area contributed by atoms with Gasteiger partial charge in [0.1, 0.15) is 0 Å². The minimum absolute atomic E-state index is 0.0825. The van der Waals surface area contributed by atoms with Gasteiger partial charge in [-0.05, 0) is 36.3 Å². The Morgan fingerprint density at radius 3 is 2.74 bits per heavy atom. The lowest BCUT2D eigenvalue weighted by Gasteiger charge is -2.29. The molecule has 1 aliphatic rings. The molecule has 1 saturated heterocycles. The fourth-order valence-corrected chi connectivity index (χ4v) is 3.42. The summed E-state index contributed by atoms with van der Waals surface area (Å²) in [4.78, 5) is 37.5. The van der Waals surface area contributed by atoms with Gasteiger partial charge in [0.2, 0.25) is 6.41 Å². The topological polar surface area (TPSA) is 80.6 Å². The summed E-state index contributed by atoms with van der Waals surface area (Å²) in [5, 5.41) is 3.44. The van der Waals surface area contributed by atoms with Gasteiger partial charge in [-0.2, -0.15) is 0 Å². The van der Waals surface area contributed by atoms with Crippen molar-refractivity contribution in [2.45, 2.75) is 25.5 Å². The van der Waals surface area contributed by atoms with Gasteiger partial charge < -0.3 is 15.0 Å². The minimum atomic E-state index is -0.601. The van der Waals surface area contributed by atoms with Gasteiger partial charge in [0.05, 0.1) is 5.52 Å². The summed E-state index contributed by atoms with van der Waals surface area (Å²) in [6, 6.07) is 9.45. The van der Waals surface area contributed by atoms with Gasteiger partial charge >= 0.3 is 6.09 Å². The SMILES string of the molecule is C=CCNC(=O)OCn1c(=O)c(C2CCN(C=O)CC2)cc2ccccc21. The number of amides is 2. The molecule has 1 aliphatic heterocycles. The molecule has 27 heavy (non-hydrogen) atoms. The van der Waals surface area contributed by atoms with E-state index in [0.29, 0.717) is 30.7 Å². The molecule has 1 aromatic carbocycles. The van der Waals surface area contributed by atoms with Crippen LogP contribution < -0.4 is 10.9 Å². The third-order valence-electron chi connectivity index (χ3n) is 4.86. The summed E-state index contributed by atoms with van der Waals surface area (Å²) < 4.78 is 6.70. The lowest BCUT2D eigenvalue weighted by atomic mass is 9.89. The second-order valence-corrected chi connectivity index (χ2v) is 6.54. The maximum atomic E-state index is 13.1. The highest BCUT2D eigenvalue weighted by atomic mass is 16.6. The van der Waals surface area contributed by atoms with Crippen molar-refractivity contribution in [3.05, 3.63) is 58.9 Å². The Morgan fingerprint density at radius 2 is 2.04 bits per heavy atom. The van der Waals surface area contributed by atoms with Crippen LogP contribution in [0.5, 0.6) is 0 Å². The van der Waals surface area contributed by atoms with Crippen LogP contribution in [-0.4, -0.2) is 41.6 Å². The smallest absolute Gasteiger partial charge is 0.409 e. The molecule has 2 aromatic rings. The number of benzene rings is 1. The fraction of sp³-hybridized carbons (Fsp3) is 0.350. The Bertz CT molecular complexity index is 898. The second kappa shape index (κ2) is 8.53. The molecule has 7 heteroatoms. The number of ether oxygens (including phenoxy) is 1. The number of alkyl carbamates (subject to hydrolysis) is 1. The predicted octanol–water partition coefficient (Wildman–Crippen LogP) is 2.21. The lowest BCUT2D eigenvalue weighted by Crippen LogP contribution is -2.35. The van der Waals surface area contributed by atoms with Crippen LogP contribution in [0.1, 0.15) is 24.3 Å². The molecule has 2 heterocycles. The number of para-hydroxylation sites is 1. The van der Waals surface area contributed by atoms with Crippen molar-refractivity contribution in [1.82, 2.24) is 14.8 Å². The van der Waals surface area contributed by atoms with E-state index in [4.69, 9.17) is 4.74 Å². The lowest BCUT2D eigenvalue weighted by molar-refractivity contribution is -0.119. The van der Waals surface area contributed by atoms with Crippen LogP contribution >= 0.6 is 0 Å². The Morgan fingerprint density at radius 1 is 1.30 bits per heavy atom. The molecular weight excluding hydrogens is 346 g/mol. The predicted molar refractivity (Wildman–Crippen MR) is 103 cm³/mol. The summed E-state index contributed by atoms with van der Waals surface area (Å²) in [7, 11) is 0. The van der Waals surface area contributed by atoms with Crippen LogP contribution in [0, 0.1) is 0 Å². The second-order valence-electron chi connectivity index (χ2n) is 6.54. The third kappa shape index (κ3) is 4.19. The van der Waals surface area contributed by atoms with E-state index in [-0.39, 0.29) is 18.2 Å². The molecule has 0 radical (unpaired) electrons. The molecule has 0 bridgehead atoms. The van der Waals surface area contributed by atoms with Gasteiger partial charge in [-0.3, -0.25) is 14.2 Å². The number of likely N-dealkylation sites (tertiary alicyclic amines) is 1. The maximum absolute atomic E-state index is 13.1. The van der Waals surface area contributed by atoms with Crippen molar-refractivity contribution < 1.29 is 14.3 Å². The molecule has 0 saturated carbocycles. The Kier molecular flexibility index (Phi) is 5.90. The summed E-state index contributed by atoms with van der Waals surface area (Å²) in [6.45, 7) is 4.94. The van der Waals surface area contributed by atoms with E-state index in [9.17, 15) is 14.4 Å². The van der Waals surface area contributed by atoms with Crippen LogP contribution in [0.25, 0.3) is 10.9 Å². The molecular formula is C20H23N3O4. The summed E-state index contributed by atoms with van der Waals surface area (Å²) in [6.07, 6.45) is 3.29. The van der Waals surface area contributed by atoms with Crippen LogP contribution in [0.3, 0.4) is 0 Å². The van der Waals surface area contributed by atoms with E-state index in [0.717, 1.165) is 24.6 Å². The van der Waals surface area contributed by atoms with E-state index in [1.807, 2.05) is 30.3 Å². The van der Waals surface area contributed by atoms with E-state index < -0.39 is 6.09 Å². The number of hydrogen-bond acceptors (Lipinski definition) is 4. The molecule has 0 aliphatic carbocycles. The molecule has 7 nitrogen and oxygen atoms in total. The number of nitrogens with zero attached hydrogens (tertiary/aromatic N) is 2. The number of carbonyl (C=O) groups is 2. The molecule has 0 spiro atoms. The number of nitrogens with one attached hydrogen (secondary N) is 1. The molecule has 2 amide bonds. The highest BCUT2D eigenvalue weighted by Crippen LogP contribution is 2.27. The number of carbonyl (C=O) groups excluding carboxylic acids is 2. The van der Waals surface area contributed by atoms with Crippen LogP contribution in [0.4, 0.5) is 4.79 Å². The van der Waals surface area contributed by atoms with Crippen molar-refractivity contribution in [2.24, 2.45) is 0 Å². The molecule has 0 atom stereocenters.